The number of nitriles is 1. The molecule has 0 aliphatic carbocycles. The first-order chi connectivity index (χ1) is 8.60. The van der Waals surface area contributed by atoms with Crippen molar-refractivity contribution in [3.05, 3.63) is 53.1 Å². The summed E-state index contributed by atoms with van der Waals surface area (Å²) in [6, 6.07) is 13.1. The highest BCUT2D eigenvalue weighted by molar-refractivity contribution is 5.56. The predicted molar refractivity (Wildman–Crippen MR) is 71.6 cm³/mol. The lowest BCUT2D eigenvalue weighted by atomic mass is 10.1. The minimum Gasteiger partial charge on any atom is -0.455 e. The van der Waals surface area contributed by atoms with Crippen molar-refractivity contribution in [1.82, 2.24) is 0 Å². The molecule has 0 spiro atoms. The molecule has 0 saturated heterocycles. The molecule has 0 fully saturated rings. The van der Waals surface area contributed by atoms with Crippen molar-refractivity contribution in [2.24, 2.45) is 0 Å². The van der Waals surface area contributed by atoms with E-state index in [2.05, 4.69) is 6.07 Å². The molecule has 0 atom stereocenters. The van der Waals surface area contributed by atoms with Gasteiger partial charge in [0.1, 0.15) is 11.5 Å². The largest absolute Gasteiger partial charge is 0.455 e. The average Bonchev–Trinajstić information content (AvgIpc) is 2.33. The zero-order valence-electron chi connectivity index (χ0n) is 10.4. The molecule has 0 bridgehead atoms. The van der Waals surface area contributed by atoms with Gasteiger partial charge in [-0.05, 0) is 55.3 Å². The Hall–Kier alpha value is -2.47. The quantitative estimate of drug-likeness (QED) is 0.814. The van der Waals surface area contributed by atoms with Gasteiger partial charge in [-0.2, -0.15) is 5.26 Å². The molecular formula is C15H14N2O. The molecule has 0 amide bonds. The van der Waals surface area contributed by atoms with Crippen LogP contribution in [0.3, 0.4) is 0 Å². The lowest BCUT2D eigenvalue weighted by molar-refractivity contribution is 0.484. The third-order valence-corrected chi connectivity index (χ3v) is 2.71. The number of anilines is 1. The number of nitrogens with two attached hydrogens (primary N) is 1. The molecule has 2 aromatic rings. The van der Waals surface area contributed by atoms with Crippen LogP contribution in [0.4, 0.5) is 5.69 Å². The molecule has 3 nitrogen and oxygen atoms in total. The average molecular weight is 238 g/mol. The summed E-state index contributed by atoms with van der Waals surface area (Å²) in [5.74, 6) is 1.31. The summed E-state index contributed by atoms with van der Waals surface area (Å²) in [6.07, 6.45) is 0. The zero-order chi connectivity index (χ0) is 13.1. The van der Waals surface area contributed by atoms with Crippen LogP contribution in [0.25, 0.3) is 0 Å². The van der Waals surface area contributed by atoms with E-state index in [1.54, 1.807) is 12.1 Å². The van der Waals surface area contributed by atoms with Crippen molar-refractivity contribution < 1.29 is 4.74 Å². The van der Waals surface area contributed by atoms with E-state index >= 15 is 0 Å². The molecule has 18 heavy (non-hydrogen) atoms. The van der Waals surface area contributed by atoms with Crippen molar-refractivity contribution in [1.29, 1.82) is 5.26 Å². The lowest BCUT2D eigenvalue weighted by Gasteiger charge is -2.10. The Morgan fingerprint density at radius 2 is 1.89 bits per heavy atom. The highest BCUT2D eigenvalue weighted by atomic mass is 16.5. The molecule has 0 unspecified atom stereocenters. The molecule has 0 aliphatic rings. The molecule has 2 aromatic carbocycles. The van der Waals surface area contributed by atoms with E-state index in [9.17, 15) is 0 Å². The first-order valence-corrected chi connectivity index (χ1v) is 5.65. The van der Waals surface area contributed by atoms with Gasteiger partial charge in [0.25, 0.3) is 0 Å². The maximum Gasteiger partial charge on any atom is 0.150 e. The fourth-order valence-electron chi connectivity index (χ4n) is 1.71. The number of nitrogen functional groups attached to an aromatic ring is 1. The number of benzene rings is 2. The molecular weight excluding hydrogens is 224 g/mol. The number of hydrogen-bond donors (Lipinski definition) is 1. The minimum absolute atomic E-state index is 0.608. The third-order valence-electron chi connectivity index (χ3n) is 2.71. The van der Waals surface area contributed by atoms with Crippen molar-refractivity contribution in [3.63, 3.8) is 0 Å². The fraction of sp³-hybridized carbons (Fsp3) is 0.133. The Balaban J connectivity index is 2.29. The van der Waals surface area contributed by atoms with Crippen LogP contribution in [0.1, 0.15) is 16.7 Å². The van der Waals surface area contributed by atoms with E-state index in [1.165, 1.54) is 0 Å². The molecule has 2 N–H and O–H groups in total. The topological polar surface area (TPSA) is 59.0 Å². The second kappa shape index (κ2) is 4.80. The summed E-state index contributed by atoms with van der Waals surface area (Å²) in [4.78, 5) is 0. The van der Waals surface area contributed by atoms with Crippen LogP contribution >= 0.6 is 0 Å². The smallest absolute Gasteiger partial charge is 0.150 e. The van der Waals surface area contributed by atoms with Gasteiger partial charge in [0.15, 0.2) is 0 Å². The minimum atomic E-state index is 0.608. The first-order valence-electron chi connectivity index (χ1n) is 5.65. The van der Waals surface area contributed by atoms with Crippen LogP contribution in [0.2, 0.25) is 0 Å². The monoisotopic (exact) mass is 238 g/mol. The molecule has 0 aromatic heterocycles. The number of rotatable bonds is 2. The van der Waals surface area contributed by atoms with Crippen molar-refractivity contribution in [2.45, 2.75) is 13.8 Å². The molecule has 2 rings (SSSR count). The van der Waals surface area contributed by atoms with Gasteiger partial charge >= 0.3 is 0 Å². The highest BCUT2D eigenvalue weighted by Gasteiger charge is 2.04. The van der Waals surface area contributed by atoms with Gasteiger partial charge in [0.2, 0.25) is 0 Å². The second-order valence-corrected chi connectivity index (χ2v) is 4.23. The van der Waals surface area contributed by atoms with Crippen LogP contribution in [-0.2, 0) is 0 Å². The summed E-state index contributed by atoms with van der Waals surface area (Å²) in [7, 11) is 0. The number of ether oxygens (including phenoxy) is 1. The first kappa shape index (κ1) is 12.0. The van der Waals surface area contributed by atoms with Crippen molar-refractivity contribution in [3.8, 4) is 17.6 Å². The molecule has 90 valence electrons. The molecule has 0 saturated carbocycles. The zero-order valence-corrected chi connectivity index (χ0v) is 10.4. The van der Waals surface area contributed by atoms with Gasteiger partial charge in [-0.25, -0.2) is 0 Å². The van der Waals surface area contributed by atoms with Gasteiger partial charge in [-0.15, -0.1) is 0 Å². The van der Waals surface area contributed by atoms with Crippen LogP contribution in [-0.4, -0.2) is 0 Å². The van der Waals surface area contributed by atoms with E-state index in [1.807, 2.05) is 38.1 Å². The maximum atomic E-state index is 8.86. The van der Waals surface area contributed by atoms with E-state index < -0.39 is 0 Å². The predicted octanol–water partition coefficient (Wildman–Crippen LogP) is 3.55. The normalized spacial score (nSPS) is 9.83. The van der Waals surface area contributed by atoms with Gasteiger partial charge in [0, 0.05) is 0 Å². The molecule has 0 aliphatic heterocycles. The SMILES string of the molecule is Cc1ccc(Oc2ccc(C#N)c(C)c2)c(N)c1. The summed E-state index contributed by atoms with van der Waals surface area (Å²) < 4.78 is 5.71. The van der Waals surface area contributed by atoms with Gasteiger partial charge in [-0.1, -0.05) is 6.07 Å². The fourth-order valence-corrected chi connectivity index (χ4v) is 1.71. The van der Waals surface area contributed by atoms with E-state index in [-0.39, 0.29) is 0 Å². The van der Waals surface area contributed by atoms with Gasteiger partial charge in [-0.3, -0.25) is 0 Å². The Morgan fingerprint density at radius 1 is 1.11 bits per heavy atom. The van der Waals surface area contributed by atoms with Crippen molar-refractivity contribution in [2.75, 3.05) is 5.73 Å². The second-order valence-electron chi connectivity index (χ2n) is 4.23. The number of nitrogens with zero attached hydrogens (tertiary/aromatic N) is 1. The van der Waals surface area contributed by atoms with E-state index in [4.69, 9.17) is 15.7 Å². The Morgan fingerprint density at radius 3 is 2.50 bits per heavy atom. The third kappa shape index (κ3) is 2.44. The summed E-state index contributed by atoms with van der Waals surface area (Å²) in [5.41, 5.74) is 9.13. The van der Waals surface area contributed by atoms with Gasteiger partial charge < -0.3 is 10.5 Å². The van der Waals surface area contributed by atoms with E-state index in [0.29, 0.717) is 22.7 Å². The number of hydrogen-bond acceptors (Lipinski definition) is 3. The van der Waals surface area contributed by atoms with Gasteiger partial charge in [0.05, 0.1) is 17.3 Å². The maximum absolute atomic E-state index is 8.86. The van der Waals surface area contributed by atoms with Crippen LogP contribution in [0.5, 0.6) is 11.5 Å². The Kier molecular flexibility index (Phi) is 3.20. The number of aryl methyl sites for hydroxylation is 2. The Bertz CT molecular complexity index is 627. The summed E-state index contributed by atoms with van der Waals surface area (Å²) >= 11 is 0. The van der Waals surface area contributed by atoms with Crippen molar-refractivity contribution >= 4 is 5.69 Å². The Labute approximate surface area is 106 Å². The molecule has 0 radical (unpaired) electrons. The lowest BCUT2D eigenvalue weighted by Crippen LogP contribution is -1.93. The summed E-state index contributed by atoms with van der Waals surface area (Å²) in [6.45, 7) is 3.86. The van der Waals surface area contributed by atoms with Crippen LogP contribution in [0, 0.1) is 25.2 Å². The van der Waals surface area contributed by atoms with Crippen LogP contribution < -0.4 is 10.5 Å². The summed E-state index contributed by atoms with van der Waals surface area (Å²) in [5, 5.41) is 8.86. The molecule has 0 heterocycles. The highest BCUT2D eigenvalue weighted by Crippen LogP contribution is 2.29. The van der Waals surface area contributed by atoms with Crippen LogP contribution in [0.15, 0.2) is 36.4 Å². The standard InChI is InChI=1S/C15H14N2O/c1-10-3-6-15(14(17)7-10)18-13-5-4-12(9-16)11(2)8-13/h3-8H,17H2,1-2H3. The van der Waals surface area contributed by atoms with E-state index in [0.717, 1.165) is 11.1 Å². The molecule has 3 heteroatoms.